The van der Waals surface area contributed by atoms with Gasteiger partial charge in [-0.2, -0.15) is 5.26 Å². The van der Waals surface area contributed by atoms with Gasteiger partial charge in [0.05, 0.1) is 12.0 Å². The van der Waals surface area contributed by atoms with Gasteiger partial charge in [-0.05, 0) is 27.3 Å². The minimum atomic E-state index is 0.0318. The van der Waals surface area contributed by atoms with Gasteiger partial charge in [0.1, 0.15) is 5.78 Å². The molecule has 0 heterocycles. The highest BCUT2D eigenvalue weighted by atomic mass is 16.1. The maximum absolute atomic E-state index is 10.9. The summed E-state index contributed by atoms with van der Waals surface area (Å²) in [4.78, 5) is 13.1. The van der Waals surface area contributed by atoms with Crippen molar-refractivity contribution in [1.29, 1.82) is 5.26 Å². The molecule has 0 saturated carbocycles. The quantitative estimate of drug-likeness (QED) is 0.651. The predicted octanol–water partition coefficient (Wildman–Crippen LogP) is 1.84. The molecule has 0 radical (unpaired) electrons. The van der Waals surface area contributed by atoms with Gasteiger partial charge < -0.3 is 0 Å². The van der Waals surface area contributed by atoms with Crippen LogP contribution in [0.25, 0.3) is 0 Å². The van der Waals surface area contributed by atoms with E-state index in [0.29, 0.717) is 6.42 Å². The van der Waals surface area contributed by atoms with Gasteiger partial charge in [0.2, 0.25) is 0 Å². The number of nitrogens with zero attached hydrogens (tertiary/aromatic N) is 2. The first kappa shape index (κ1) is 13.1. The predicted molar refractivity (Wildman–Crippen MR) is 56.8 cm³/mol. The monoisotopic (exact) mass is 196 g/mol. The summed E-state index contributed by atoms with van der Waals surface area (Å²) in [6.07, 6.45) is 0.575. The van der Waals surface area contributed by atoms with Crippen LogP contribution in [0, 0.1) is 17.2 Å². The van der Waals surface area contributed by atoms with Crippen molar-refractivity contribution in [3.63, 3.8) is 0 Å². The van der Waals surface area contributed by atoms with Crippen molar-refractivity contribution in [2.45, 2.75) is 40.2 Å². The molecule has 3 nitrogen and oxygen atoms in total. The van der Waals surface area contributed by atoms with E-state index in [-0.39, 0.29) is 17.7 Å². The SMILES string of the molecule is CCN(CC(C)C#N)C(C)CC(C)=O. The second kappa shape index (κ2) is 6.56. The van der Waals surface area contributed by atoms with Crippen molar-refractivity contribution in [1.82, 2.24) is 4.90 Å². The lowest BCUT2D eigenvalue weighted by Gasteiger charge is -2.27. The standard InChI is InChI=1S/C11H20N2O/c1-5-13(8-9(2)7-12)10(3)6-11(4)14/h9-10H,5-6,8H2,1-4H3. The van der Waals surface area contributed by atoms with Gasteiger partial charge in [-0.25, -0.2) is 0 Å². The summed E-state index contributed by atoms with van der Waals surface area (Å²) in [6.45, 7) is 9.25. The number of ketones is 1. The van der Waals surface area contributed by atoms with Crippen LogP contribution in [-0.4, -0.2) is 29.8 Å². The molecule has 0 fully saturated rings. The summed E-state index contributed by atoms with van der Waals surface area (Å²) in [5.41, 5.74) is 0. The molecule has 0 bridgehead atoms. The highest BCUT2D eigenvalue weighted by Gasteiger charge is 2.15. The maximum Gasteiger partial charge on any atom is 0.131 e. The highest BCUT2D eigenvalue weighted by Crippen LogP contribution is 2.07. The second-order valence-electron chi connectivity index (χ2n) is 3.87. The Morgan fingerprint density at radius 2 is 2.07 bits per heavy atom. The number of carbonyl (C=O) groups excluding carboxylic acids is 1. The average Bonchev–Trinajstić information content (AvgIpc) is 2.12. The van der Waals surface area contributed by atoms with Gasteiger partial charge in [0.15, 0.2) is 0 Å². The fourth-order valence-electron chi connectivity index (χ4n) is 1.56. The van der Waals surface area contributed by atoms with E-state index >= 15 is 0 Å². The Kier molecular flexibility index (Phi) is 6.14. The van der Waals surface area contributed by atoms with Crippen LogP contribution in [-0.2, 0) is 4.79 Å². The van der Waals surface area contributed by atoms with Crippen LogP contribution in [0.1, 0.15) is 34.1 Å². The van der Waals surface area contributed by atoms with E-state index in [1.54, 1.807) is 6.92 Å². The molecule has 0 aliphatic carbocycles. The Bertz CT molecular complexity index is 220. The molecular weight excluding hydrogens is 176 g/mol. The van der Waals surface area contributed by atoms with E-state index in [2.05, 4.69) is 17.9 Å². The first-order valence-electron chi connectivity index (χ1n) is 5.14. The lowest BCUT2D eigenvalue weighted by molar-refractivity contribution is -0.118. The van der Waals surface area contributed by atoms with Gasteiger partial charge in [-0.3, -0.25) is 9.69 Å². The van der Waals surface area contributed by atoms with Crippen molar-refractivity contribution in [3.05, 3.63) is 0 Å². The molecule has 0 saturated heterocycles. The minimum Gasteiger partial charge on any atom is -0.300 e. The Hall–Kier alpha value is -0.880. The number of rotatable bonds is 6. The third-order valence-electron chi connectivity index (χ3n) is 2.34. The topological polar surface area (TPSA) is 44.1 Å². The number of Topliss-reactive ketones (excluding diaryl/α,β-unsaturated/α-hetero) is 1. The van der Waals surface area contributed by atoms with E-state index in [4.69, 9.17) is 5.26 Å². The zero-order valence-electron chi connectivity index (χ0n) is 9.58. The molecule has 2 unspecified atom stereocenters. The lowest BCUT2D eigenvalue weighted by atomic mass is 10.1. The Labute approximate surface area is 86.7 Å². The van der Waals surface area contributed by atoms with Crippen LogP contribution in [0.5, 0.6) is 0 Å². The molecule has 0 aliphatic rings. The van der Waals surface area contributed by atoms with Crippen LogP contribution in [0.3, 0.4) is 0 Å². The molecule has 14 heavy (non-hydrogen) atoms. The van der Waals surface area contributed by atoms with Crippen molar-refractivity contribution in [3.8, 4) is 6.07 Å². The molecule has 0 aliphatic heterocycles. The zero-order valence-corrected chi connectivity index (χ0v) is 9.58. The zero-order chi connectivity index (χ0) is 11.1. The normalized spacial score (nSPS) is 14.9. The smallest absolute Gasteiger partial charge is 0.131 e. The lowest BCUT2D eigenvalue weighted by Crippen LogP contribution is -2.37. The van der Waals surface area contributed by atoms with Crippen molar-refractivity contribution < 1.29 is 4.79 Å². The first-order valence-corrected chi connectivity index (χ1v) is 5.14. The third-order valence-corrected chi connectivity index (χ3v) is 2.34. The maximum atomic E-state index is 10.9. The summed E-state index contributed by atoms with van der Waals surface area (Å²) in [5.74, 6) is 0.241. The van der Waals surface area contributed by atoms with E-state index < -0.39 is 0 Å². The third kappa shape index (κ3) is 4.98. The summed E-state index contributed by atoms with van der Waals surface area (Å²) in [7, 11) is 0. The Morgan fingerprint density at radius 3 is 2.43 bits per heavy atom. The molecule has 0 amide bonds. The molecular formula is C11H20N2O. The number of hydrogen-bond acceptors (Lipinski definition) is 3. The van der Waals surface area contributed by atoms with Crippen LogP contribution in [0.15, 0.2) is 0 Å². The number of carbonyl (C=O) groups is 1. The van der Waals surface area contributed by atoms with Crippen LogP contribution >= 0.6 is 0 Å². The Balaban J connectivity index is 4.12. The Morgan fingerprint density at radius 1 is 1.50 bits per heavy atom. The van der Waals surface area contributed by atoms with Crippen LogP contribution in [0.2, 0.25) is 0 Å². The van der Waals surface area contributed by atoms with Crippen LogP contribution in [0.4, 0.5) is 0 Å². The fraction of sp³-hybridized carbons (Fsp3) is 0.818. The van der Waals surface area contributed by atoms with E-state index in [1.807, 2.05) is 13.8 Å². The molecule has 0 aromatic heterocycles. The molecule has 0 aromatic carbocycles. The van der Waals surface area contributed by atoms with Crippen LogP contribution < -0.4 is 0 Å². The molecule has 0 rings (SSSR count). The summed E-state index contributed by atoms with van der Waals surface area (Å²) >= 11 is 0. The average molecular weight is 196 g/mol. The van der Waals surface area contributed by atoms with Crippen molar-refractivity contribution in [2.24, 2.45) is 5.92 Å². The molecule has 80 valence electrons. The van der Waals surface area contributed by atoms with Gasteiger partial charge in [0, 0.05) is 19.0 Å². The molecule has 2 atom stereocenters. The fourth-order valence-corrected chi connectivity index (χ4v) is 1.56. The molecule has 3 heteroatoms. The first-order chi connectivity index (χ1) is 6.51. The van der Waals surface area contributed by atoms with E-state index in [9.17, 15) is 4.79 Å². The number of hydrogen-bond donors (Lipinski definition) is 0. The van der Waals surface area contributed by atoms with E-state index in [0.717, 1.165) is 13.1 Å². The molecule has 0 aromatic rings. The largest absolute Gasteiger partial charge is 0.300 e. The summed E-state index contributed by atoms with van der Waals surface area (Å²) in [5, 5.41) is 8.70. The van der Waals surface area contributed by atoms with E-state index in [1.165, 1.54) is 0 Å². The van der Waals surface area contributed by atoms with Gasteiger partial charge >= 0.3 is 0 Å². The highest BCUT2D eigenvalue weighted by molar-refractivity contribution is 5.76. The number of nitriles is 1. The minimum absolute atomic E-state index is 0.0318. The van der Waals surface area contributed by atoms with Gasteiger partial charge in [-0.1, -0.05) is 6.92 Å². The summed E-state index contributed by atoms with van der Waals surface area (Å²) < 4.78 is 0. The van der Waals surface area contributed by atoms with Gasteiger partial charge in [-0.15, -0.1) is 0 Å². The van der Waals surface area contributed by atoms with Crippen molar-refractivity contribution in [2.75, 3.05) is 13.1 Å². The molecule has 0 N–H and O–H groups in total. The second-order valence-corrected chi connectivity index (χ2v) is 3.87. The van der Waals surface area contributed by atoms with Gasteiger partial charge in [0.25, 0.3) is 0 Å². The van der Waals surface area contributed by atoms with Crippen molar-refractivity contribution >= 4 is 5.78 Å². The molecule has 0 spiro atoms. The summed E-state index contributed by atoms with van der Waals surface area (Å²) in [6, 6.07) is 2.46.